The number of nitrogens with zero attached hydrogens (tertiary/aromatic N) is 4. The number of hydrogen-bond acceptors (Lipinski definition) is 4. The highest BCUT2D eigenvalue weighted by Gasteiger charge is 2.59. The Bertz CT molecular complexity index is 1200. The number of aromatic nitrogens is 1. The van der Waals surface area contributed by atoms with Gasteiger partial charge in [-0.15, -0.1) is 4.98 Å². The van der Waals surface area contributed by atoms with Crippen LogP contribution in [0.3, 0.4) is 0 Å². The van der Waals surface area contributed by atoms with E-state index in [4.69, 9.17) is 18.8 Å². The molecule has 2 fully saturated rings. The van der Waals surface area contributed by atoms with E-state index >= 15 is 0 Å². The fraction of sp³-hybridized carbons (Fsp3) is 0.375. The summed E-state index contributed by atoms with van der Waals surface area (Å²) in [5.41, 5.74) is 0.619. The molecule has 1 saturated carbocycles. The molecular formula is C24H24FN5O2S. The molecule has 0 unspecified atom stereocenters. The molecule has 4 rings (SSSR count). The highest BCUT2D eigenvalue weighted by atomic mass is 32.1. The molecule has 33 heavy (non-hydrogen) atoms. The average molecular weight is 466 g/mol. The van der Waals surface area contributed by atoms with Crippen molar-refractivity contribution in [2.24, 2.45) is 5.92 Å². The van der Waals surface area contributed by atoms with Gasteiger partial charge in [0.15, 0.2) is 5.11 Å². The number of aryl methyl sites for hydroxylation is 1. The third-order valence-corrected chi connectivity index (χ3v) is 6.48. The maximum Gasteiger partial charge on any atom is 0.272 e. The SMILES string of the molecule is [C-]#[N+]c1ncc(N2C(=O)C3(CCC3)N(c3ccc(C(=O)NCC(C)C)c(F)c3)C2=S)cc1C. The van der Waals surface area contributed by atoms with Gasteiger partial charge in [0, 0.05) is 12.2 Å². The van der Waals surface area contributed by atoms with Gasteiger partial charge in [-0.25, -0.2) is 4.39 Å². The second-order valence-electron chi connectivity index (χ2n) is 8.86. The number of pyridine rings is 1. The van der Waals surface area contributed by atoms with Crippen molar-refractivity contribution in [3.05, 3.63) is 58.8 Å². The summed E-state index contributed by atoms with van der Waals surface area (Å²) in [5.74, 6) is -0.824. The second kappa shape index (κ2) is 8.52. The molecule has 1 aromatic heterocycles. The lowest BCUT2D eigenvalue weighted by Gasteiger charge is -2.43. The van der Waals surface area contributed by atoms with Crippen molar-refractivity contribution in [1.29, 1.82) is 0 Å². The normalized spacial score (nSPS) is 16.8. The maximum absolute atomic E-state index is 15.0. The number of halogens is 1. The van der Waals surface area contributed by atoms with Crippen LogP contribution in [0.4, 0.5) is 21.6 Å². The minimum Gasteiger partial charge on any atom is -0.360 e. The topological polar surface area (TPSA) is 69.9 Å². The molecular weight excluding hydrogens is 441 g/mol. The molecule has 2 heterocycles. The zero-order valence-electron chi connectivity index (χ0n) is 18.7. The van der Waals surface area contributed by atoms with E-state index in [1.807, 2.05) is 13.8 Å². The largest absolute Gasteiger partial charge is 0.360 e. The van der Waals surface area contributed by atoms with E-state index in [9.17, 15) is 14.0 Å². The Morgan fingerprint density at radius 3 is 2.61 bits per heavy atom. The van der Waals surface area contributed by atoms with Gasteiger partial charge in [0.05, 0.1) is 11.3 Å². The molecule has 1 N–H and O–H groups in total. The highest BCUT2D eigenvalue weighted by molar-refractivity contribution is 7.81. The van der Waals surface area contributed by atoms with Crippen molar-refractivity contribution in [2.45, 2.75) is 45.6 Å². The predicted octanol–water partition coefficient (Wildman–Crippen LogP) is 4.53. The molecule has 0 radical (unpaired) electrons. The predicted molar refractivity (Wildman–Crippen MR) is 128 cm³/mol. The van der Waals surface area contributed by atoms with Gasteiger partial charge in [-0.2, -0.15) is 0 Å². The molecule has 1 spiro atoms. The molecule has 2 amide bonds. The van der Waals surface area contributed by atoms with Gasteiger partial charge >= 0.3 is 0 Å². The van der Waals surface area contributed by atoms with Gasteiger partial charge in [0.2, 0.25) is 0 Å². The summed E-state index contributed by atoms with van der Waals surface area (Å²) in [7, 11) is 0. The Balaban J connectivity index is 1.69. The van der Waals surface area contributed by atoms with Crippen LogP contribution in [-0.2, 0) is 4.79 Å². The van der Waals surface area contributed by atoms with Crippen LogP contribution in [0.25, 0.3) is 4.85 Å². The fourth-order valence-electron chi connectivity index (χ4n) is 4.22. The number of amides is 2. The van der Waals surface area contributed by atoms with E-state index in [0.29, 0.717) is 36.3 Å². The van der Waals surface area contributed by atoms with E-state index in [1.165, 1.54) is 23.2 Å². The van der Waals surface area contributed by atoms with Crippen LogP contribution < -0.4 is 15.1 Å². The monoisotopic (exact) mass is 465 g/mol. The standard InChI is InChI=1S/C24H24FN5O2S/c1-14(2)12-28-21(31)18-7-6-16(11-19(18)25)30-23(33)29(22(32)24(30)8-5-9-24)17-10-15(3)20(26-4)27-13-17/h6-7,10-11,13-14H,5,8-9,12H2,1-3H3,(H,28,31). The van der Waals surface area contributed by atoms with E-state index in [0.717, 1.165) is 6.42 Å². The molecule has 170 valence electrons. The van der Waals surface area contributed by atoms with Gasteiger partial charge in [-0.3, -0.25) is 14.5 Å². The number of benzene rings is 1. The summed E-state index contributed by atoms with van der Waals surface area (Å²) >= 11 is 5.70. The Kier molecular flexibility index (Phi) is 5.89. The van der Waals surface area contributed by atoms with Crippen LogP contribution in [0.15, 0.2) is 30.5 Å². The smallest absolute Gasteiger partial charge is 0.272 e. The quantitative estimate of drug-likeness (QED) is 0.519. The molecule has 2 aliphatic rings. The maximum atomic E-state index is 15.0. The fourth-order valence-corrected chi connectivity index (χ4v) is 4.69. The van der Waals surface area contributed by atoms with E-state index in [2.05, 4.69) is 15.1 Å². The Hall–Kier alpha value is -3.38. The number of thiocarbonyl (C=S) groups is 1. The van der Waals surface area contributed by atoms with Gasteiger partial charge in [-0.05, 0) is 74.2 Å². The number of nitrogens with one attached hydrogen (secondary N) is 1. The average Bonchev–Trinajstić information content (AvgIpc) is 2.98. The number of hydrogen-bond donors (Lipinski definition) is 1. The number of carbonyl (C=O) groups excluding carboxylic acids is 2. The Labute approximate surface area is 197 Å². The molecule has 9 heteroatoms. The molecule has 1 aromatic carbocycles. The minimum atomic E-state index is -0.878. The van der Waals surface area contributed by atoms with Gasteiger partial charge < -0.3 is 15.1 Å². The summed E-state index contributed by atoms with van der Waals surface area (Å²) < 4.78 is 15.0. The van der Waals surface area contributed by atoms with Gasteiger partial charge in [-0.1, -0.05) is 20.4 Å². The molecule has 1 aliphatic heterocycles. The van der Waals surface area contributed by atoms with Crippen molar-refractivity contribution in [3.63, 3.8) is 0 Å². The first-order valence-corrected chi connectivity index (χ1v) is 11.2. The van der Waals surface area contributed by atoms with E-state index in [1.54, 1.807) is 24.0 Å². The first-order chi connectivity index (χ1) is 15.7. The molecule has 7 nitrogen and oxygen atoms in total. The van der Waals surface area contributed by atoms with Crippen molar-refractivity contribution in [2.75, 3.05) is 16.3 Å². The lowest BCUT2D eigenvalue weighted by Crippen LogP contribution is -2.55. The van der Waals surface area contributed by atoms with Crippen LogP contribution in [0.2, 0.25) is 0 Å². The number of rotatable bonds is 5. The lowest BCUT2D eigenvalue weighted by atomic mass is 9.75. The summed E-state index contributed by atoms with van der Waals surface area (Å²) in [6.07, 6.45) is 3.49. The van der Waals surface area contributed by atoms with Crippen LogP contribution in [0.5, 0.6) is 0 Å². The number of carbonyl (C=O) groups is 2. The third-order valence-electron chi connectivity index (χ3n) is 6.12. The first kappa shape index (κ1) is 22.8. The van der Waals surface area contributed by atoms with Crippen LogP contribution in [-0.4, -0.2) is 34.0 Å². The molecule has 0 bridgehead atoms. The summed E-state index contributed by atoms with van der Waals surface area (Å²) in [5, 5.41) is 2.95. The van der Waals surface area contributed by atoms with Crippen molar-refractivity contribution in [3.8, 4) is 0 Å². The third kappa shape index (κ3) is 3.74. The molecule has 1 saturated heterocycles. The summed E-state index contributed by atoms with van der Waals surface area (Å²) in [6.45, 7) is 13.3. The Morgan fingerprint density at radius 1 is 1.33 bits per heavy atom. The van der Waals surface area contributed by atoms with Crippen molar-refractivity contribution in [1.82, 2.24) is 10.3 Å². The zero-order valence-corrected chi connectivity index (χ0v) is 19.5. The lowest BCUT2D eigenvalue weighted by molar-refractivity contribution is -0.123. The summed E-state index contributed by atoms with van der Waals surface area (Å²) in [4.78, 5) is 36.5. The highest BCUT2D eigenvalue weighted by Crippen LogP contribution is 2.48. The van der Waals surface area contributed by atoms with E-state index < -0.39 is 17.3 Å². The van der Waals surface area contributed by atoms with Crippen LogP contribution >= 0.6 is 12.2 Å². The van der Waals surface area contributed by atoms with Crippen molar-refractivity contribution >= 4 is 46.3 Å². The molecule has 2 aromatic rings. The van der Waals surface area contributed by atoms with Crippen LogP contribution in [0.1, 0.15) is 49.0 Å². The van der Waals surface area contributed by atoms with Crippen LogP contribution in [0, 0.1) is 25.2 Å². The minimum absolute atomic E-state index is 0.0510. The first-order valence-electron chi connectivity index (χ1n) is 10.8. The zero-order chi connectivity index (χ0) is 23.9. The van der Waals surface area contributed by atoms with Gasteiger partial charge in [0.25, 0.3) is 17.6 Å². The van der Waals surface area contributed by atoms with E-state index in [-0.39, 0.29) is 28.3 Å². The van der Waals surface area contributed by atoms with Gasteiger partial charge in [0.1, 0.15) is 17.6 Å². The van der Waals surface area contributed by atoms with Crippen molar-refractivity contribution < 1.29 is 14.0 Å². The summed E-state index contributed by atoms with van der Waals surface area (Å²) in [6, 6.07) is 6.03. The molecule has 0 atom stereocenters. The number of anilines is 2. The Morgan fingerprint density at radius 2 is 2.06 bits per heavy atom. The second-order valence-corrected chi connectivity index (χ2v) is 9.22. The molecule has 1 aliphatic carbocycles.